The summed E-state index contributed by atoms with van der Waals surface area (Å²) in [5.74, 6) is 1.06. The number of para-hydroxylation sites is 2. The second kappa shape index (κ2) is 7.17. The largest absolute Gasteiger partial charge is 0.353 e. The highest BCUT2D eigenvalue weighted by Crippen LogP contribution is 2.27. The maximum Gasteiger partial charge on any atom is 0.255 e. The van der Waals surface area contributed by atoms with Crippen LogP contribution < -0.4 is 4.90 Å². The van der Waals surface area contributed by atoms with Gasteiger partial charge in [0, 0.05) is 42.6 Å². The topological polar surface area (TPSA) is 49.3 Å². The summed E-state index contributed by atoms with van der Waals surface area (Å²) in [5.41, 5.74) is 3.48. The third-order valence-electron chi connectivity index (χ3n) is 5.57. The molecule has 0 spiro atoms. The number of nitrogens with zero attached hydrogens (tertiary/aromatic N) is 4. The number of aromatic nitrogens is 2. The molecular weight excluding hydrogens is 360 g/mol. The van der Waals surface area contributed by atoms with Crippen LogP contribution in [0.25, 0.3) is 21.8 Å². The molecule has 5 heteroatoms. The summed E-state index contributed by atoms with van der Waals surface area (Å²) in [6.07, 6.45) is 0. The maximum absolute atomic E-state index is 13.6. The van der Waals surface area contributed by atoms with Crippen LogP contribution in [-0.4, -0.2) is 47.0 Å². The Labute approximate surface area is 169 Å². The Balaban J connectivity index is 1.47. The van der Waals surface area contributed by atoms with E-state index in [1.807, 2.05) is 78.6 Å². The molecule has 29 heavy (non-hydrogen) atoms. The number of aryl methyl sites for hydroxylation is 1. The third-order valence-corrected chi connectivity index (χ3v) is 5.57. The number of anilines is 1. The number of benzene rings is 2. The van der Waals surface area contributed by atoms with Crippen LogP contribution in [0.5, 0.6) is 0 Å². The fourth-order valence-electron chi connectivity index (χ4n) is 4.07. The van der Waals surface area contributed by atoms with E-state index in [4.69, 9.17) is 4.98 Å². The van der Waals surface area contributed by atoms with Crippen molar-refractivity contribution >= 4 is 33.5 Å². The normalized spacial score (nSPS) is 14.5. The molecule has 1 saturated heterocycles. The lowest BCUT2D eigenvalue weighted by atomic mass is 10.0. The lowest BCUT2D eigenvalue weighted by Crippen LogP contribution is -2.49. The molecule has 0 bridgehead atoms. The van der Waals surface area contributed by atoms with Crippen molar-refractivity contribution in [3.63, 3.8) is 0 Å². The molecule has 144 valence electrons. The van der Waals surface area contributed by atoms with Gasteiger partial charge in [0.15, 0.2) is 0 Å². The molecule has 0 radical (unpaired) electrons. The van der Waals surface area contributed by atoms with Crippen LogP contribution in [0.4, 0.5) is 5.82 Å². The third kappa shape index (κ3) is 3.18. The molecule has 1 fully saturated rings. The molecule has 5 rings (SSSR count). The Bertz CT molecular complexity index is 1160. The lowest BCUT2D eigenvalue weighted by Gasteiger charge is -2.35. The minimum atomic E-state index is 0.0802. The van der Waals surface area contributed by atoms with Crippen LogP contribution in [0.1, 0.15) is 16.1 Å². The summed E-state index contributed by atoms with van der Waals surface area (Å²) >= 11 is 0. The zero-order valence-electron chi connectivity index (χ0n) is 16.4. The zero-order valence-corrected chi connectivity index (χ0v) is 16.4. The number of amides is 1. The monoisotopic (exact) mass is 382 g/mol. The van der Waals surface area contributed by atoms with Crippen LogP contribution in [0.15, 0.2) is 66.7 Å². The Hall–Kier alpha value is -3.47. The summed E-state index contributed by atoms with van der Waals surface area (Å²) in [5, 5.41) is 1.83. The van der Waals surface area contributed by atoms with Gasteiger partial charge in [0.1, 0.15) is 5.82 Å². The van der Waals surface area contributed by atoms with E-state index in [0.717, 1.165) is 52.0 Å². The molecule has 0 saturated carbocycles. The molecule has 4 aromatic rings. The Kier molecular flexibility index (Phi) is 4.35. The zero-order chi connectivity index (χ0) is 19.8. The van der Waals surface area contributed by atoms with Gasteiger partial charge in [0.2, 0.25) is 0 Å². The van der Waals surface area contributed by atoms with Gasteiger partial charge in [-0.3, -0.25) is 4.79 Å². The van der Waals surface area contributed by atoms with Gasteiger partial charge >= 0.3 is 0 Å². The van der Waals surface area contributed by atoms with Crippen molar-refractivity contribution in [1.82, 2.24) is 14.9 Å². The maximum atomic E-state index is 13.6. The molecule has 0 N–H and O–H groups in total. The molecule has 0 atom stereocenters. The number of pyridine rings is 2. The van der Waals surface area contributed by atoms with Crippen LogP contribution in [0.3, 0.4) is 0 Å². The van der Waals surface area contributed by atoms with Gasteiger partial charge in [0.05, 0.1) is 16.6 Å². The minimum Gasteiger partial charge on any atom is -0.353 e. The van der Waals surface area contributed by atoms with Gasteiger partial charge in [0.25, 0.3) is 5.91 Å². The summed E-state index contributed by atoms with van der Waals surface area (Å²) in [6.45, 7) is 4.92. The first kappa shape index (κ1) is 17.6. The second-order valence-electron chi connectivity index (χ2n) is 7.44. The van der Waals surface area contributed by atoms with Crippen molar-refractivity contribution in [2.24, 2.45) is 0 Å². The summed E-state index contributed by atoms with van der Waals surface area (Å²) < 4.78 is 0. The van der Waals surface area contributed by atoms with E-state index in [2.05, 4.69) is 9.88 Å². The highest BCUT2D eigenvalue weighted by Gasteiger charge is 2.25. The van der Waals surface area contributed by atoms with Crippen LogP contribution in [0, 0.1) is 6.92 Å². The van der Waals surface area contributed by atoms with E-state index in [-0.39, 0.29) is 5.91 Å². The number of hydrogen-bond acceptors (Lipinski definition) is 4. The molecule has 3 heterocycles. The van der Waals surface area contributed by atoms with Gasteiger partial charge in [-0.1, -0.05) is 42.5 Å². The first-order chi connectivity index (χ1) is 14.2. The Morgan fingerprint density at radius 3 is 2.00 bits per heavy atom. The number of fused-ring (bicyclic) bond motifs is 2. The fraction of sp³-hybridized carbons (Fsp3) is 0.208. The average molecular weight is 382 g/mol. The van der Waals surface area contributed by atoms with Crippen molar-refractivity contribution in [2.45, 2.75) is 6.92 Å². The first-order valence-corrected chi connectivity index (χ1v) is 9.96. The molecule has 1 aliphatic heterocycles. The molecule has 0 unspecified atom stereocenters. The van der Waals surface area contributed by atoms with E-state index in [9.17, 15) is 4.79 Å². The minimum absolute atomic E-state index is 0.0802. The van der Waals surface area contributed by atoms with Crippen molar-refractivity contribution in [3.8, 4) is 0 Å². The smallest absolute Gasteiger partial charge is 0.255 e. The predicted octanol–water partition coefficient (Wildman–Crippen LogP) is 4.05. The highest BCUT2D eigenvalue weighted by atomic mass is 16.2. The number of carbonyl (C=O) groups excluding carboxylic acids is 1. The summed E-state index contributed by atoms with van der Waals surface area (Å²) in [6, 6.07) is 21.9. The highest BCUT2D eigenvalue weighted by molar-refractivity contribution is 6.16. The number of hydrogen-bond donors (Lipinski definition) is 0. The van der Waals surface area contributed by atoms with Gasteiger partial charge in [-0.2, -0.15) is 0 Å². The SMILES string of the molecule is Cc1cccc(N2CCN(C(=O)c3c4ccccc4nc4ccccc34)CC2)n1. The molecular formula is C24H22N4O. The predicted molar refractivity (Wildman–Crippen MR) is 116 cm³/mol. The second-order valence-corrected chi connectivity index (χ2v) is 7.44. The number of carbonyl (C=O) groups is 1. The van der Waals surface area contributed by atoms with E-state index >= 15 is 0 Å². The van der Waals surface area contributed by atoms with Crippen LogP contribution >= 0.6 is 0 Å². The quantitative estimate of drug-likeness (QED) is 0.491. The molecule has 2 aromatic heterocycles. The van der Waals surface area contributed by atoms with Gasteiger partial charge in [-0.15, -0.1) is 0 Å². The van der Waals surface area contributed by atoms with Crippen molar-refractivity contribution in [3.05, 3.63) is 78.0 Å². The molecule has 1 amide bonds. The first-order valence-electron chi connectivity index (χ1n) is 9.96. The number of piperazine rings is 1. The fourth-order valence-corrected chi connectivity index (χ4v) is 4.07. The van der Waals surface area contributed by atoms with Gasteiger partial charge in [-0.25, -0.2) is 9.97 Å². The molecule has 5 nitrogen and oxygen atoms in total. The molecule has 0 aliphatic carbocycles. The Morgan fingerprint density at radius 2 is 1.38 bits per heavy atom. The van der Waals surface area contributed by atoms with Crippen LogP contribution in [-0.2, 0) is 0 Å². The van der Waals surface area contributed by atoms with E-state index < -0.39 is 0 Å². The average Bonchev–Trinajstić information content (AvgIpc) is 2.77. The van der Waals surface area contributed by atoms with Crippen molar-refractivity contribution < 1.29 is 4.79 Å². The Morgan fingerprint density at radius 1 is 0.759 bits per heavy atom. The standard InChI is InChI=1S/C24H22N4O/c1-17-7-6-12-22(25-17)27-13-15-28(16-14-27)24(29)23-18-8-2-4-10-20(18)26-21-11-5-3-9-19(21)23/h2-12H,13-16H2,1H3. The molecule has 2 aromatic carbocycles. The summed E-state index contributed by atoms with van der Waals surface area (Å²) in [4.78, 5) is 27.2. The summed E-state index contributed by atoms with van der Waals surface area (Å²) in [7, 11) is 0. The number of rotatable bonds is 2. The van der Waals surface area contributed by atoms with Gasteiger partial charge < -0.3 is 9.80 Å². The van der Waals surface area contributed by atoms with Crippen molar-refractivity contribution in [1.29, 1.82) is 0 Å². The van der Waals surface area contributed by atoms with E-state index in [0.29, 0.717) is 13.1 Å². The van der Waals surface area contributed by atoms with Crippen molar-refractivity contribution in [2.75, 3.05) is 31.1 Å². The van der Waals surface area contributed by atoms with E-state index in [1.54, 1.807) is 0 Å². The van der Waals surface area contributed by atoms with E-state index in [1.165, 1.54) is 0 Å². The van der Waals surface area contributed by atoms with Crippen LogP contribution in [0.2, 0.25) is 0 Å². The lowest BCUT2D eigenvalue weighted by molar-refractivity contribution is 0.0750. The molecule has 1 aliphatic rings. The van der Waals surface area contributed by atoms with Gasteiger partial charge in [-0.05, 0) is 31.2 Å².